The molecule has 1 amide bonds. The molecule has 1 saturated heterocycles. The van der Waals surface area contributed by atoms with Crippen LogP contribution in [0.15, 0.2) is 12.7 Å². The maximum atomic E-state index is 11.6. The second-order valence-corrected chi connectivity index (χ2v) is 5.33. The zero-order valence-corrected chi connectivity index (χ0v) is 9.88. The highest BCUT2D eigenvalue weighted by molar-refractivity contribution is 5.69. The van der Waals surface area contributed by atoms with Gasteiger partial charge < -0.3 is 9.64 Å². The van der Waals surface area contributed by atoms with Gasteiger partial charge in [0.05, 0.1) is 0 Å². The van der Waals surface area contributed by atoms with Gasteiger partial charge in [-0.15, -0.1) is 6.58 Å². The molecule has 1 rings (SSSR count). The van der Waals surface area contributed by atoms with Gasteiger partial charge >= 0.3 is 6.09 Å². The Bertz CT molecular complexity index is 259. The predicted molar refractivity (Wildman–Crippen MR) is 60.4 cm³/mol. The normalized spacial score (nSPS) is 19.3. The van der Waals surface area contributed by atoms with Crippen LogP contribution in [0, 0.1) is 12.3 Å². The van der Waals surface area contributed by atoms with Crippen molar-refractivity contribution in [3.8, 4) is 0 Å². The van der Waals surface area contributed by atoms with E-state index >= 15 is 0 Å². The molecule has 3 nitrogen and oxygen atoms in total. The summed E-state index contributed by atoms with van der Waals surface area (Å²) in [4.78, 5) is 13.3. The maximum absolute atomic E-state index is 11.6. The fourth-order valence-electron chi connectivity index (χ4n) is 1.65. The first-order valence-electron chi connectivity index (χ1n) is 5.20. The van der Waals surface area contributed by atoms with Gasteiger partial charge in [0.2, 0.25) is 0 Å². The molecule has 3 heteroatoms. The molecule has 1 fully saturated rings. The Morgan fingerprint density at radius 2 is 2.07 bits per heavy atom. The molecule has 15 heavy (non-hydrogen) atoms. The smallest absolute Gasteiger partial charge is 0.410 e. The molecule has 1 aliphatic rings. The molecule has 85 valence electrons. The first kappa shape index (κ1) is 12.1. The van der Waals surface area contributed by atoms with Gasteiger partial charge in [0.15, 0.2) is 0 Å². The summed E-state index contributed by atoms with van der Waals surface area (Å²) < 4.78 is 5.25. The van der Waals surface area contributed by atoms with Gasteiger partial charge in [-0.3, -0.25) is 0 Å². The average Bonchev–Trinajstić information content (AvgIpc) is 1.96. The molecule has 0 bridgehead atoms. The van der Waals surface area contributed by atoms with Crippen LogP contribution in [-0.4, -0.2) is 29.7 Å². The molecule has 0 aromatic heterocycles. The zero-order chi connectivity index (χ0) is 11.7. The summed E-state index contributed by atoms with van der Waals surface area (Å²) >= 11 is 0. The molecule has 0 aliphatic carbocycles. The monoisotopic (exact) mass is 210 g/mol. The summed E-state index contributed by atoms with van der Waals surface area (Å²) in [5.74, 6) is 0. The lowest BCUT2D eigenvalue weighted by molar-refractivity contribution is -0.0185. The van der Waals surface area contributed by atoms with Gasteiger partial charge in [-0.05, 0) is 34.1 Å². The molecule has 1 aliphatic heterocycles. The Morgan fingerprint density at radius 1 is 1.53 bits per heavy atom. The van der Waals surface area contributed by atoms with E-state index in [2.05, 4.69) is 13.5 Å². The van der Waals surface area contributed by atoms with Crippen molar-refractivity contribution in [2.45, 2.75) is 32.8 Å². The minimum atomic E-state index is -0.422. The van der Waals surface area contributed by atoms with E-state index in [-0.39, 0.29) is 11.5 Å². The van der Waals surface area contributed by atoms with Crippen molar-refractivity contribution >= 4 is 6.09 Å². The third-order valence-corrected chi connectivity index (χ3v) is 2.28. The van der Waals surface area contributed by atoms with Crippen LogP contribution < -0.4 is 0 Å². The van der Waals surface area contributed by atoms with E-state index < -0.39 is 5.60 Å². The number of likely N-dealkylation sites (tertiary alicyclic amines) is 1. The Morgan fingerprint density at radius 3 is 2.47 bits per heavy atom. The molecular formula is C12H20NO2. The third-order valence-electron chi connectivity index (χ3n) is 2.28. The number of allylic oxidation sites excluding steroid dienone is 1. The van der Waals surface area contributed by atoms with E-state index in [1.807, 2.05) is 26.8 Å². The second-order valence-electron chi connectivity index (χ2n) is 5.33. The van der Waals surface area contributed by atoms with Crippen LogP contribution in [0.1, 0.15) is 27.2 Å². The molecule has 0 N–H and O–H groups in total. The van der Waals surface area contributed by atoms with Crippen molar-refractivity contribution in [2.24, 2.45) is 5.41 Å². The first-order valence-corrected chi connectivity index (χ1v) is 5.20. The van der Waals surface area contributed by atoms with Crippen molar-refractivity contribution in [1.82, 2.24) is 4.90 Å². The molecular weight excluding hydrogens is 190 g/mol. The zero-order valence-electron chi connectivity index (χ0n) is 9.88. The standard InChI is InChI=1S/C12H20NO2/c1-6-7-12(5)8-13(9-12)10(14)15-11(2,3)4/h6H,1,5,7-9H2,2-4H3. The van der Waals surface area contributed by atoms with E-state index in [4.69, 9.17) is 4.74 Å². The van der Waals surface area contributed by atoms with Gasteiger partial charge in [0.25, 0.3) is 0 Å². The van der Waals surface area contributed by atoms with Crippen molar-refractivity contribution in [3.63, 3.8) is 0 Å². The SMILES string of the molecule is [CH2]C1(CC=C)CN(C(=O)OC(C)(C)C)C1. The largest absolute Gasteiger partial charge is 0.444 e. The summed E-state index contributed by atoms with van der Waals surface area (Å²) in [6.07, 6.45) is 2.44. The average molecular weight is 210 g/mol. The number of hydrogen-bond donors (Lipinski definition) is 0. The van der Waals surface area contributed by atoms with Crippen LogP contribution in [0.5, 0.6) is 0 Å². The predicted octanol–water partition coefficient (Wildman–Crippen LogP) is 2.63. The molecule has 0 saturated carbocycles. The maximum Gasteiger partial charge on any atom is 0.410 e. The summed E-state index contributed by atoms with van der Waals surface area (Å²) in [6, 6.07) is 0. The number of ether oxygens (including phenoxy) is 1. The lowest BCUT2D eigenvalue weighted by atomic mass is 9.79. The van der Waals surface area contributed by atoms with E-state index in [9.17, 15) is 4.79 Å². The third kappa shape index (κ3) is 3.26. The fraction of sp³-hybridized carbons (Fsp3) is 0.667. The Hall–Kier alpha value is -0.990. The van der Waals surface area contributed by atoms with Crippen LogP contribution in [0.4, 0.5) is 4.79 Å². The number of rotatable bonds is 2. The van der Waals surface area contributed by atoms with E-state index in [1.165, 1.54) is 0 Å². The topological polar surface area (TPSA) is 29.5 Å². The molecule has 1 radical (unpaired) electrons. The number of hydrogen-bond acceptors (Lipinski definition) is 2. The van der Waals surface area contributed by atoms with Crippen LogP contribution in [0.25, 0.3) is 0 Å². The highest BCUT2D eigenvalue weighted by Crippen LogP contribution is 2.33. The highest BCUT2D eigenvalue weighted by Gasteiger charge is 2.41. The molecule has 0 spiro atoms. The van der Waals surface area contributed by atoms with Gasteiger partial charge in [0, 0.05) is 18.5 Å². The van der Waals surface area contributed by atoms with Gasteiger partial charge in [-0.25, -0.2) is 4.79 Å². The second kappa shape index (κ2) is 3.87. The molecule has 1 heterocycles. The summed E-state index contributed by atoms with van der Waals surface area (Å²) in [5, 5.41) is 0. The van der Waals surface area contributed by atoms with Crippen LogP contribution >= 0.6 is 0 Å². The van der Waals surface area contributed by atoms with Crippen LogP contribution in [0.2, 0.25) is 0 Å². The summed E-state index contributed by atoms with van der Waals surface area (Å²) in [6.45, 7) is 14.7. The van der Waals surface area contributed by atoms with Gasteiger partial charge in [0.1, 0.15) is 5.60 Å². The number of nitrogens with zero attached hydrogens (tertiary/aromatic N) is 1. The van der Waals surface area contributed by atoms with Crippen molar-refractivity contribution in [3.05, 3.63) is 19.6 Å². The number of carbonyl (C=O) groups excluding carboxylic acids is 1. The molecule has 0 unspecified atom stereocenters. The minimum absolute atomic E-state index is 0.0430. The Kier molecular flexibility index (Phi) is 3.12. The minimum Gasteiger partial charge on any atom is -0.444 e. The Labute approximate surface area is 92.1 Å². The molecule has 0 aromatic rings. The van der Waals surface area contributed by atoms with E-state index in [0.29, 0.717) is 13.1 Å². The van der Waals surface area contributed by atoms with Crippen LogP contribution in [-0.2, 0) is 4.74 Å². The van der Waals surface area contributed by atoms with Gasteiger partial charge in [-0.1, -0.05) is 6.08 Å². The summed E-state index contributed by atoms with van der Waals surface area (Å²) in [5.41, 5.74) is -0.465. The molecule has 0 aromatic carbocycles. The van der Waals surface area contributed by atoms with Crippen molar-refractivity contribution in [2.75, 3.05) is 13.1 Å². The lowest BCUT2D eigenvalue weighted by Crippen LogP contribution is -2.57. The van der Waals surface area contributed by atoms with Crippen LogP contribution in [0.3, 0.4) is 0 Å². The molecule has 0 atom stereocenters. The van der Waals surface area contributed by atoms with Crippen molar-refractivity contribution < 1.29 is 9.53 Å². The number of amides is 1. The van der Waals surface area contributed by atoms with E-state index in [1.54, 1.807) is 4.90 Å². The number of carbonyl (C=O) groups is 1. The van der Waals surface area contributed by atoms with Crippen molar-refractivity contribution in [1.29, 1.82) is 0 Å². The summed E-state index contributed by atoms with van der Waals surface area (Å²) in [7, 11) is 0. The Balaban J connectivity index is 2.38. The first-order chi connectivity index (χ1) is 6.76. The van der Waals surface area contributed by atoms with E-state index in [0.717, 1.165) is 6.42 Å². The van der Waals surface area contributed by atoms with Gasteiger partial charge in [-0.2, -0.15) is 0 Å². The lowest BCUT2D eigenvalue weighted by Gasteiger charge is -2.47. The quantitative estimate of drug-likeness (QED) is 0.656. The fourth-order valence-corrected chi connectivity index (χ4v) is 1.65. The highest BCUT2D eigenvalue weighted by atomic mass is 16.6.